The van der Waals surface area contributed by atoms with Gasteiger partial charge in [-0.1, -0.05) is 11.6 Å². The van der Waals surface area contributed by atoms with Crippen molar-refractivity contribution in [3.05, 3.63) is 53.6 Å². The molecular formula is C20H21ClN8O. The SMILES string of the molecule is O=C(c1ccc(-n2cnnn2)cc1)N(C1CC1)C1CCN(c2ncc(Cl)cn2)CC1. The average molecular weight is 425 g/mol. The van der Waals surface area contributed by atoms with Crippen molar-refractivity contribution >= 4 is 23.5 Å². The number of amides is 1. The van der Waals surface area contributed by atoms with E-state index in [9.17, 15) is 4.79 Å². The summed E-state index contributed by atoms with van der Waals surface area (Å²) in [5.41, 5.74) is 1.52. The monoisotopic (exact) mass is 424 g/mol. The van der Waals surface area contributed by atoms with Crippen LogP contribution in [-0.4, -0.2) is 66.2 Å². The van der Waals surface area contributed by atoms with Gasteiger partial charge in [0.25, 0.3) is 5.91 Å². The maximum Gasteiger partial charge on any atom is 0.254 e. The lowest BCUT2D eigenvalue weighted by Crippen LogP contribution is -2.48. The molecule has 2 fully saturated rings. The Balaban J connectivity index is 1.28. The topological polar surface area (TPSA) is 92.9 Å². The Labute approximate surface area is 178 Å². The normalized spacial score (nSPS) is 17.2. The summed E-state index contributed by atoms with van der Waals surface area (Å²) < 4.78 is 1.57. The molecule has 1 amide bonds. The number of hydrogen-bond donors (Lipinski definition) is 0. The summed E-state index contributed by atoms with van der Waals surface area (Å²) in [5.74, 6) is 0.794. The lowest BCUT2D eigenvalue weighted by molar-refractivity contribution is 0.0630. The van der Waals surface area contributed by atoms with Crippen LogP contribution in [0.25, 0.3) is 5.69 Å². The highest BCUT2D eigenvalue weighted by molar-refractivity contribution is 6.30. The quantitative estimate of drug-likeness (QED) is 0.620. The second-order valence-electron chi connectivity index (χ2n) is 7.66. The van der Waals surface area contributed by atoms with Gasteiger partial charge < -0.3 is 9.80 Å². The first-order chi connectivity index (χ1) is 14.7. The van der Waals surface area contributed by atoms with Crippen molar-refractivity contribution in [1.82, 2.24) is 35.1 Å². The van der Waals surface area contributed by atoms with E-state index in [0.29, 0.717) is 22.6 Å². The number of piperidine rings is 1. The van der Waals surface area contributed by atoms with Crippen molar-refractivity contribution in [2.45, 2.75) is 37.8 Å². The maximum atomic E-state index is 13.3. The maximum absolute atomic E-state index is 13.3. The van der Waals surface area contributed by atoms with E-state index in [4.69, 9.17) is 11.6 Å². The van der Waals surface area contributed by atoms with Gasteiger partial charge in [0.15, 0.2) is 0 Å². The summed E-state index contributed by atoms with van der Waals surface area (Å²) in [6.45, 7) is 1.64. The smallest absolute Gasteiger partial charge is 0.254 e. The standard InChI is InChI=1S/C20H21ClN8O/c21-15-11-22-20(23-12-15)27-9-7-18(8-10-27)29(17-5-6-17)19(30)14-1-3-16(4-2-14)28-13-24-25-26-28/h1-4,11-13,17-18H,5-10H2. The molecule has 0 spiro atoms. The van der Waals surface area contributed by atoms with Crippen LogP contribution in [-0.2, 0) is 0 Å². The third-order valence-electron chi connectivity index (χ3n) is 5.65. The minimum Gasteiger partial charge on any atom is -0.341 e. The van der Waals surface area contributed by atoms with Gasteiger partial charge in [-0.25, -0.2) is 14.6 Å². The molecule has 2 aromatic heterocycles. The van der Waals surface area contributed by atoms with Crippen LogP contribution in [0.1, 0.15) is 36.0 Å². The Morgan fingerprint density at radius 1 is 1.00 bits per heavy atom. The zero-order valence-electron chi connectivity index (χ0n) is 16.3. The minimum atomic E-state index is 0.0990. The van der Waals surface area contributed by atoms with E-state index in [1.54, 1.807) is 17.1 Å². The van der Waals surface area contributed by atoms with Crippen molar-refractivity contribution in [2.75, 3.05) is 18.0 Å². The third kappa shape index (κ3) is 3.85. The van der Waals surface area contributed by atoms with Gasteiger partial charge in [-0.2, -0.15) is 0 Å². The fourth-order valence-corrected chi connectivity index (χ4v) is 4.08. The van der Waals surface area contributed by atoms with Crippen molar-refractivity contribution in [3.63, 3.8) is 0 Å². The molecular weight excluding hydrogens is 404 g/mol. The lowest BCUT2D eigenvalue weighted by Gasteiger charge is -2.39. The van der Waals surface area contributed by atoms with E-state index >= 15 is 0 Å². The van der Waals surface area contributed by atoms with Crippen LogP contribution in [0.5, 0.6) is 0 Å². The number of aromatic nitrogens is 6. The lowest BCUT2D eigenvalue weighted by atomic mass is 10.0. The first kappa shape index (κ1) is 18.9. The molecule has 1 aliphatic carbocycles. The fourth-order valence-electron chi connectivity index (χ4n) is 3.98. The molecule has 10 heteroatoms. The predicted molar refractivity (Wildman–Crippen MR) is 111 cm³/mol. The molecule has 30 heavy (non-hydrogen) atoms. The summed E-state index contributed by atoms with van der Waals surface area (Å²) in [5, 5.41) is 11.7. The van der Waals surface area contributed by atoms with Crippen LogP contribution < -0.4 is 4.90 Å². The van der Waals surface area contributed by atoms with E-state index in [2.05, 4.69) is 35.3 Å². The largest absolute Gasteiger partial charge is 0.341 e. The number of hydrogen-bond acceptors (Lipinski definition) is 7. The van der Waals surface area contributed by atoms with Crippen LogP contribution in [0.4, 0.5) is 5.95 Å². The van der Waals surface area contributed by atoms with E-state index in [0.717, 1.165) is 44.5 Å². The van der Waals surface area contributed by atoms with Crippen molar-refractivity contribution in [3.8, 4) is 5.69 Å². The molecule has 1 saturated heterocycles. The average Bonchev–Trinajstić information content (AvgIpc) is 3.46. The molecule has 1 saturated carbocycles. The molecule has 3 aromatic rings. The van der Waals surface area contributed by atoms with Gasteiger partial charge in [0.05, 0.1) is 23.1 Å². The molecule has 1 aliphatic heterocycles. The van der Waals surface area contributed by atoms with Gasteiger partial charge in [0.1, 0.15) is 6.33 Å². The van der Waals surface area contributed by atoms with Crippen LogP contribution in [0.2, 0.25) is 5.02 Å². The molecule has 0 N–H and O–H groups in total. The second-order valence-corrected chi connectivity index (χ2v) is 8.10. The summed E-state index contributed by atoms with van der Waals surface area (Å²) in [4.78, 5) is 26.2. The van der Waals surface area contributed by atoms with Crippen LogP contribution in [0, 0.1) is 0 Å². The van der Waals surface area contributed by atoms with E-state index in [1.807, 2.05) is 24.3 Å². The molecule has 0 unspecified atom stereocenters. The van der Waals surface area contributed by atoms with Gasteiger partial charge in [0, 0.05) is 30.7 Å². The van der Waals surface area contributed by atoms with Gasteiger partial charge in [-0.3, -0.25) is 4.79 Å². The van der Waals surface area contributed by atoms with Crippen molar-refractivity contribution in [2.24, 2.45) is 0 Å². The van der Waals surface area contributed by atoms with Crippen LogP contribution in [0.3, 0.4) is 0 Å². The molecule has 9 nitrogen and oxygen atoms in total. The number of tetrazole rings is 1. The third-order valence-corrected chi connectivity index (χ3v) is 5.85. The Kier molecular flexibility index (Phi) is 5.04. The second kappa shape index (κ2) is 7.98. The summed E-state index contributed by atoms with van der Waals surface area (Å²) in [7, 11) is 0. The highest BCUT2D eigenvalue weighted by Crippen LogP contribution is 2.33. The highest BCUT2D eigenvalue weighted by atomic mass is 35.5. The van der Waals surface area contributed by atoms with E-state index in [-0.39, 0.29) is 11.9 Å². The summed E-state index contributed by atoms with van der Waals surface area (Å²) in [6.07, 6.45) is 8.73. The molecule has 0 radical (unpaired) electrons. The van der Waals surface area contributed by atoms with Crippen molar-refractivity contribution < 1.29 is 4.79 Å². The number of carbonyl (C=O) groups is 1. The predicted octanol–water partition coefficient (Wildman–Crippen LogP) is 2.38. The van der Waals surface area contributed by atoms with Crippen molar-refractivity contribution in [1.29, 1.82) is 0 Å². The zero-order chi connectivity index (χ0) is 20.5. The number of nitrogens with zero attached hydrogens (tertiary/aromatic N) is 8. The highest BCUT2D eigenvalue weighted by Gasteiger charge is 2.39. The summed E-state index contributed by atoms with van der Waals surface area (Å²) >= 11 is 5.89. The van der Waals surface area contributed by atoms with Gasteiger partial charge in [-0.15, -0.1) is 5.10 Å². The molecule has 2 aliphatic rings. The minimum absolute atomic E-state index is 0.0990. The fraction of sp³-hybridized carbons (Fsp3) is 0.400. The van der Waals surface area contributed by atoms with Gasteiger partial charge in [-0.05, 0) is 60.4 Å². The van der Waals surface area contributed by atoms with E-state index in [1.165, 1.54) is 6.33 Å². The Hall–Kier alpha value is -3.07. The number of carbonyl (C=O) groups excluding carboxylic acids is 1. The number of benzene rings is 1. The molecule has 0 bridgehead atoms. The molecule has 1 aromatic carbocycles. The number of halogens is 1. The Morgan fingerprint density at radius 3 is 2.27 bits per heavy atom. The molecule has 154 valence electrons. The first-order valence-corrected chi connectivity index (χ1v) is 10.5. The molecule has 3 heterocycles. The van der Waals surface area contributed by atoms with E-state index < -0.39 is 0 Å². The summed E-state index contributed by atoms with van der Waals surface area (Å²) in [6, 6.07) is 8.02. The Morgan fingerprint density at radius 2 is 1.67 bits per heavy atom. The Bertz CT molecular complexity index is 996. The molecule has 0 atom stereocenters. The van der Waals surface area contributed by atoms with Crippen LogP contribution >= 0.6 is 11.6 Å². The van der Waals surface area contributed by atoms with Gasteiger partial charge in [0.2, 0.25) is 5.95 Å². The number of anilines is 1. The zero-order valence-corrected chi connectivity index (χ0v) is 17.1. The van der Waals surface area contributed by atoms with Gasteiger partial charge >= 0.3 is 0 Å². The van der Waals surface area contributed by atoms with Crippen LogP contribution in [0.15, 0.2) is 43.0 Å². The molecule has 5 rings (SSSR count). The number of rotatable bonds is 5. The first-order valence-electron chi connectivity index (χ1n) is 10.1.